The van der Waals surface area contributed by atoms with Gasteiger partial charge in [0.1, 0.15) is 18.1 Å². The van der Waals surface area contributed by atoms with Crippen molar-refractivity contribution in [3.63, 3.8) is 0 Å². The number of carboxylic acids is 1. The fraction of sp³-hybridized carbons (Fsp3) is 0.467. The van der Waals surface area contributed by atoms with Crippen LogP contribution in [0.25, 0.3) is 0 Å². The highest BCUT2D eigenvalue weighted by molar-refractivity contribution is 6.09. The van der Waals surface area contributed by atoms with E-state index in [1.807, 2.05) is 48.5 Å². The van der Waals surface area contributed by atoms with Gasteiger partial charge in [0.15, 0.2) is 0 Å². The van der Waals surface area contributed by atoms with Gasteiger partial charge in [0.05, 0.1) is 0 Å². The molecule has 1 aliphatic rings. The zero-order valence-corrected chi connectivity index (χ0v) is 22.6. The van der Waals surface area contributed by atoms with Crippen LogP contribution in [0.4, 0.5) is 4.79 Å². The Balaban J connectivity index is 1.83. The zero-order valence-electron chi connectivity index (χ0n) is 22.6. The minimum atomic E-state index is -1.31. The molecule has 2 atom stereocenters. The van der Waals surface area contributed by atoms with Crippen molar-refractivity contribution in [3.8, 4) is 0 Å². The fourth-order valence-corrected chi connectivity index (χ4v) is 4.93. The first-order chi connectivity index (χ1) is 18.2. The molecule has 0 aliphatic carbocycles. The Bertz CT molecular complexity index is 1110. The van der Waals surface area contributed by atoms with Gasteiger partial charge in [-0.05, 0) is 31.4 Å². The van der Waals surface area contributed by atoms with Gasteiger partial charge < -0.3 is 14.9 Å². The number of carbonyl (C=O) groups is 4. The van der Waals surface area contributed by atoms with Crippen LogP contribution in [0.3, 0.4) is 0 Å². The van der Waals surface area contributed by atoms with Crippen molar-refractivity contribution >= 4 is 23.8 Å². The Hall–Kier alpha value is -3.68. The Morgan fingerprint density at radius 1 is 0.921 bits per heavy atom. The van der Waals surface area contributed by atoms with Crippen molar-refractivity contribution in [2.24, 2.45) is 0 Å². The molecule has 1 aliphatic heterocycles. The molecule has 2 aromatic rings. The summed E-state index contributed by atoms with van der Waals surface area (Å²) in [5.74, 6) is -2.17. The molecule has 2 aromatic carbocycles. The molecular formula is C30H39N3O5. The average Bonchev–Trinajstić information content (AvgIpc) is 3.10. The molecule has 1 fully saturated rings. The monoisotopic (exact) mass is 521 g/mol. The summed E-state index contributed by atoms with van der Waals surface area (Å²) in [4.78, 5) is 56.5. The second-order valence-electron chi connectivity index (χ2n) is 10.1. The van der Waals surface area contributed by atoms with Crippen LogP contribution in [0.1, 0.15) is 70.4 Å². The summed E-state index contributed by atoms with van der Waals surface area (Å²) < 4.78 is 0. The van der Waals surface area contributed by atoms with Crippen LogP contribution in [0.2, 0.25) is 0 Å². The Kier molecular flexibility index (Phi) is 10.0. The summed E-state index contributed by atoms with van der Waals surface area (Å²) in [6, 6.07) is 16.8. The van der Waals surface area contributed by atoms with Crippen molar-refractivity contribution in [1.82, 2.24) is 14.7 Å². The summed E-state index contributed by atoms with van der Waals surface area (Å²) in [5.41, 5.74) is 0.192. The molecule has 38 heavy (non-hydrogen) atoms. The van der Waals surface area contributed by atoms with Crippen molar-refractivity contribution in [2.45, 2.75) is 77.4 Å². The number of benzene rings is 2. The summed E-state index contributed by atoms with van der Waals surface area (Å²) in [7, 11) is 0. The first kappa shape index (κ1) is 28.9. The van der Waals surface area contributed by atoms with Crippen molar-refractivity contribution in [1.29, 1.82) is 0 Å². The first-order valence-electron chi connectivity index (χ1n) is 13.5. The molecule has 0 radical (unpaired) electrons. The summed E-state index contributed by atoms with van der Waals surface area (Å²) in [6.45, 7) is 5.25. The van der Waals surface area contributed by atoms with Crippen LogP contribution in [0, 0.1) is 0 Å². The van der Waals surface area contributed by atoms with E-state index >= 15 is 0 Å². The molecule has 204 valence electrons. The number of aliphatic carboxylic acids is 1. The van der Waals surface area contributed by atoms with E-state index in [1.54, 1.807) is 19.1 Å². The minimum Gasteiger partial charge on any atom is -0.480 e. The van der Waals surface area contributed by atoms with Crippen LogP contribution in [-0.4, -0.2) is 62.8 Å². The lowest BCUT2D eigenvalue weighted by molar-refractivity contribution is -0.150. The lowest BCUT2D eigenvalue weighted by atomic mass is 9.90. The highest BCUT2D eigenvalue weighted by Gasteiger charge is 2.55. The van der Waals surface area contributed by atoms with Gasteiger partial charge in [-0.15, -0.1) is 0 Å². The third-order valence-electron chi connectivity index (χ3n) is 7.37. The van der Waals surface area contributed by atoms with E-state index in [1.165, 1.54) is 16.7 Å². The number of hydrogen-bond acceptors (Lipinski definition) is 4. The van der Waals surface area contributed by atoms with Crippen LogP contribution < -0.4 is 0 Å². The predicted octanol–water partition coefficient (Wildman–Crippen LogP) is 5.03. The molecular weight excluding hydrogens is 482 g/mol. The maximum Gasteiger partial charge on any atom is 0.328 e. The highest BCUT2D eigenvalue weighted by atomic mass is 16.4. The number of hydrogen-bond donors (Lipinski definition) is 1. The molecule has 0 saturated carbocycles. The number of rotatable bonds is 14. The van der Waals surface area contributed by atoms with E-state index in [-0.39, 0.29) is 13.1 Å². The topological polar surface area (TPSA) is 98.2 Å². The molecule has 0 bridgehead atoms. The zero-order chi connectivity index (χ0) is 27.7. The fourth-order valence-electron chi connectivity index (χ4n) is 4.93. The van der Waals surface area contributed by atoms with Gasteiger partial charge in [0.2, 0.25) is 5.91 Å². The SMILES string of the molecule is CCCCCCCCN(C(=O)CN1C(=O)N(Cc2ccccc2)C(C)(c2ccccc2)C1=O)C(C)C(=O)O. The molecule has 0 spiro atoms. The minimum absolute atomic E-state index is 0.189. The lowest BCUT2D eigenvalue weighted by Gasteiger charge is -2.32. The average molecular weight is 522 g/mol. The third-order valence-corrected chi connectivity index (χ3v) is 7.37. The van der Waals surface area contributed by atoms with Gasteiger partial charge in [-0.2, -0.15) is 0 Å². The van der Waals surface area contributed by atoms with Crippen LogP contribution in [0.15, 0.2) is 60.7 Å². The quantitative estimate of drug-likeness (QED) is 0.278. The third kappa shape index (κ3) is 6.41. The number of nitrogens with zero attached hydrogens (tertiary/aromatic N) is 3. The maximum atomic E-state index is 13.8. The molecule has 1 heterocycles. The molecule has 1 saturated heterocycles. The Labute approximate surface area is 225 Å². The van der Waals surface area contributed by atoms with Crippen LogP contribution in [-0.2, 0) is 26.5 Å². The smallest absolute Gasteiger partial charge is 0.328 e. The number of imide groups is 1. The van der Waals surface area contributed by atoms with Crippen molar-refractivity contribution < 1.29 is 24.3 Å². The molecule has 8 nitrogen and oxygen atoms in total. The number of amides is 4. The maximum absolute atomic E-state index is 13.8. The first-order valence-corrected chi connectivity index (χ1v) is 13.5. The number of carbonyl (C=O) groups excluding carboxylic acids is 3. The van der Waals surface area contributed by atoms with E-state index < -0.39 is 41.9 Å². The van der Waals surface area contributed by atoms with Gasteiger partial charge >= 0.3 is 12.0 Å². The second-order valence-corrected chi connectivity index (χ2v) is 10.1. The van der Waals surface area contributed by atoms with Gasteiger partial charge in [0, 0.05) is 13.1 Å². The van der Waals surface area contributed by atoms with Crippen LogP contribution >= 0.6 is 0 Å². The van der Waals surface area contributed by atoms with Gasteiger partial charge in [-0.25, -0.2) is 9.59 Å². The summed E-state index contributed by atoms with van der Waals surface area (Å²) >= 11 is 0. The molecule has 2 unspecified atom stereocenters. The van der Waals surface area contributed by atoms with Gasteiger partial charge in [0.25, 0.3) is 5.91 Å². The lowest BCUT2D eigenvalue weighted by Crippen LogP contribution is -2.49. The molecule has 1 N–H and O–H groups in total. The predicted molar refractivity (Wildman–Crippen MR) is 145 cm³/mol. The molecule has 4 amide bonds. The molecule has 8 heteroatoms. The van der Waals surface area contributed by atoms with E-state index in [9.17, 15) is 24.3 Å². The Morgan fingerprint density at radius 2 is 1.50 bits per heavy atom. The molecule has 0 aromatic heterocycles. The Morgan fingerprint density at radius 3 is 2.11 bits per heavy atom. The summed E-state index contributed by atoms with van der Waals surface area (Å²) in [5, 5.41) is 9.63. The largest absolute Gasteiger partial charge is 0.480 e. The van der Waals surface area contributed by atoms with Crippen molar-refractivity contribution in [2.75, 3.05) is 13.1 Å². The van der Waals surface area contributed by atoms with E-state index in [0.29, 0.717) is 12.0 Å². The van der Waals surface area contributed by atoms with Gasteiger partial charge in [-0.3, -0.25) is 14.5 Å². The number of unbranched alkanes of at least 4 members (excludes halogenated alkanes) is 5. The highest BCUT2D eigenvalue weighted by Crippen LogP contribution is 2.38. The number of carboxylic acid groups (broad SMARTS) is 1. The summed E-state index contributed by atoms with van der Waals surface area (Å²) in [6.07, 6.45) is 5.94. The van der Waals surface area contributed by atoms with E-state index in [0.717, 1.165) is 42.6 Å². The normalized spacial score (nSPS) is 18.1. The molecule has 3 rings (SSSR count). The van der Waals surface area contributed by atoms with Crippen molar-refractivity contribution in [3.05, 3.63) is 71.8 Å². The van der Waals surface area contributed by atoms with E-state index in [2.05, 4.69) is 6.92 Å². The number of urea groups is 1. The van der Waals surface area contributed by atoms with Crippen LogP contribution in [0.5, 0.6) is 0 Å². The van der Waals surface area contributed by atoms with E-state index in [4.69, 9.17) is 0 Å². The second kappa shape index (κ2) is 13.2. The standard InChI is InChI=1S/C30H39N3O5/c1-4-5-6-7-8-15-20-31(23(2)27(35)36)26(34)22-32-28(37)30(3,25-18-13-10-14-19-25)33(29(32)38)21-24-16-11-9-12-17-24/h9-14,16-19,23H,4-8,15,20-22H2,1-3H3,(H,35,36). The van der Waals surface area contributed by atoms with Gasteiger partial charge in [-0.1, -0.05) is 99.7 Å².